The van der Waals surface area contributed by atoms with E-state index in [0.717, 1.165) is 25.8 Å². The van der Waals surface area contributed by atoms with Gasteiger partial charge in [0.05, 0.1) is 6.42 Å². The van der Waals surface area contributed by atoms with Crippen molar-refractivity contribution in [3.8, 4) is 0 Å². The zero-order valence-corrected chi connectivity index (χ0v) is 13.2. The Bertz CT molecular complexity index is 686. The highest BCUT2D eigenvalue weighted by Crippen LogP contribution is 2.23. The molecule has 1 aromatic heterocycles. The van der Waals surface area contributed by atoms with Crippen molar-refractivity contribution in [2.75, 3.05) is 6.54 Å². The molecule has 122 valence electrons. The Labute approximate surface area is 134 Å². The zero-order chi connectivity index (χ0) is 16.2. The number of aromatic nitrogens is 2. The number of carbonyl (C=O) groups excluding carboxylic acids is 1. The van der Waals surface area contributed by atoms with Crippen LogP contribution in [-0.2, 0) is 17.6 Å². The van der Waals surface area contributed by atoms with Crippen LogP contribution in [0.5, 0.6) is 0 Å². The van der Waals surface area contributed by atoms with E-state index < -0.39 is 0 Å². The molecule has 0 spiro atoms. The monoisotopic (exact) mass is 317 g/mol. The van der Waals surface area contributed by atoms with Gasteiger partial charge in [-0.1, -0.05) is 23.4 Å². The summed E-state index contributed by atoms with van der Waals surface area (Å²) < 4.78 is 18.7. The summed E-state index contributed by atoms with van der Waals surface area (Å²) in [6, 6.07) is 6.62. The fourth-order valence-corrected chi connectivity index (χ4v) is 3.11. The Hall–Kier alpha value is -2.24. The Balaban J connectivity index is 1.59. The molecule has 0 N–H and O–H groups in total. The number of carbonyl (C=O) groups is 1. The number of likely N-dealkylation sites (tertiary alicyclic amines) is 1. The summed E-state index contributed by atoms with van der Waals surface area (Å²) in [4.78, 5) is 18.6. The van der Waals surface area contributed by atoms with Crippen LogP contribution in [0.1, 0.15) is 36.5 Å². The van der Waals surface area contributed by atoms with Crippen molar-refractivity contribution in [2.45, 2.75) is 45.1 Å². The number of rotatable bonds is 5. The molecule has 6 heteroatoms. The molecule has 2 heterocycles. The molecule has 3 rings (SSSR count). The van der Waals surface area contributed by atoms with E-state index in [2.05, 4.69) is 10.1 Å². The summed E-state index contributed by atoms with van der Waals surface area (Å²) in [6.07, 6.45) is 3.57. The van der Waals surface area contributed by atoms with Crippen molar-refractivity contribution >= 4 is 5.91 Å². The fraction of sp³-hybridized carbons (Fsp3) is 0.471. The van der Waals surface area contributed by atoms with Crippen molar-refractivity contribution < 1.29 is 13.7 Å². The Morgan fingerprint density at radius 3 is 3.00 bits per heavy atom. The van der Waals surface area contributed by atoms with Gasteiger partial charge >= 0.3 is 0 Å². The van der Waals surface area contributed by atoms with Crippen LogP contribution >= 0.6 is 0 Å². The lowest BCUT2D eigenvalue weighted by Gasteiger charge is -2.24. The lowest BCUT2D eigenvalue weighted by atomic mass is 10.1. The van der Waals surface area contributed by atoms with Gasteiger partial charge in [0, 0.05) is 25.9 Å². The van der Waals surface area contributed by atoms with Gasteiger partial charge in [0.25, 0.3) is 0 Å². The van der Waals surface area contributed by atoms with Crippen molar-refractivity contribution in [1.29, 1.82) is 0 Å². The third kappa shape index (κ3) is 3.75. The summed E-state index contributed by atoms with van der Waals surface area (Å²) in [6.45, 7) is 2.50. The normalized spacial score (nSPS) is 17.7. The molecular weight excluding hydrogens is 297 g/mol. The van der Waals surface area contributed by atoms with E-state index in [-0.39, 0.29) is 24.2 Å². The summed E-state index contributed by atoms with van der Waals surface area (Å²) in [5, 5.41) is 3.89. The van der Waals surface area contributed by atoms with Crippen LogP contribution in [0.4, 0.5) is 4.39 Å². The molecule has 0 bridgehead atoms. The summed E-state index contributed by atoms with van der Waals surface area (Å²) >= 11 is 0. The number of aryl methyl sites for hydroxylation is 2. The predicted molar refractivity (Wildman–Crippen MR) is 82.2 cm³/mol. The molecule has 1 saturated heterocycles. The van der Waals surface area contributed by atoms with E-state index in [1.165, 1.54) is 6.07 Å². The SMILES string of the molecule is Cc1nc(CCC2CCCN2C(=O)Cc2ccccc2F)no1. The molecule has 1 unspecified atom stereocenters. The number of benzene rings is 1. The summed E-state index contributed by atoms with van der Waals surface area (Å²) in [7, 11) is 0. The minimum Gasteiger partial charge on any atom is -0.340 e. The van der Waals surface area contributed by atoms with E-state index >= 15 is 0 Å². The Kier molecular flexibility index (Phi) is 4.69. The first-order valence-corrected chi connectivity index (χ1v) is 7.95. The quantitative estimate of drug-likeness (QED) is 0.851. The van der Waals surface area contributed by atoms with E-state index in [4.69, 9.17) is 4.52 Å². The highest BCUT2D eigenvalue weighted by Gasteiger charge is 2.29. The minimum absolute atomic E-state index is 0.0121. The molecule has 1 atom stereocenters. The van der Waals surface area contributed by atoms with E-state index in [9.17, 15) is 9.18 Å². The van der Waals surface area contributed by atoms with E-state index in [1.54, 1.807) is 25.1 Å². The van der Waals surface area contributed by atoms with Crippen molar-refractivity contribution in [3.05, 3.63) is 47.4 Å². The van der Waals surface area contributed by atoms with Gasteiger partial charge in [-0.05, 0) is 30.9 Å². The topological polar surface area (TPSA) is 59.2 Å². The van der Waals surface area contributed by atoms with Crippen LogP contribution in [0.25, 0.3) is 0 Å². The molecule has 1 amide bonds. The van der Waals surface area contributed by atoms with Crippen LogP contribution in [0.15, 0.2) is 28.8 Å². The average Bonchev–Trinajstić information content (AvgIpc) is 3.16. The van der Waals surface area contributed by atoms with Crippen LogP contribution < -0.4 is 0 Å². The molecule has 0 saturated carbocycles. The minimum atomic E-state index is -0.320. The molecular formula is C17H20FN3O2. The maximum atomic E-state index is 13.7. The third-order valence-corrected chi connectivity index (χ3v) is 4.27. The second kappa shape index (κ2) is 6.89. The first-order chi connectivity index (χ1) is 11.1. The standard InChI is InChI=1S/C17H20FN3O2/c1-12-19-16(20-23-12)9-8-14-6-4-10-21(14)17(22)11-13-5-2-3-7-15(13)18/h2-3,5,7,14H,4,6,8-11H2,1H3. The Morgan fingerprint density at radius 2 is 2.26 bits per heavy atom. The number of hydrogen-bond donors (Lipinski definition) is 0. The average molecular weight is 317 g/mol. The number of halogens is 1. The fourth-order valence-electron chi connectivity index (χ4n) is 3.11. The summed E-state index contributed by atoms with van der Waals surface area (Å²) in [5.74, 6) is 0.899. The van der Waals surface area contributed by atoms with Gasteiger partial charge in [-0.15, -0.1) is 0 Å². The number of nitrogens with zero attached hydrogens (tertiary/aromatic N) is 3. The highest BCUT2D eigenvalue weighted by molar-refractivity contribution is 5.79. The second-order valence-corrected chi connectivity index (χ2v) is 5.92. The predicted octanol–water partition coefficient (Wildman–Crippen LogP) is 2.68. The number of hydrogen-bond acceptors (Lipinski definition) is 4. The lowest BCUT2D eigenvalue weighted by molar-refractivity contribution is -0.131. The zero-order valence-electron chi connectivity index (χ0n) is 13.2. The second-order valence-electron chi connectivity index (χ2n) is 5.92. The molecule has 1 aliphatic heterocycles. The molecule has 2 aromatic rings. The molecule has 0 aliphatic carbocycles. The molecule has 1 aromatic carbocycles. The van der Waals surface area contributed by atoms with Crippen molar-refractivity contribution in [1.82, 2.24) is 15.0 Å². The molecule has 1 fully saturated rings. The van der Waals surface area contributed by atoms with Crippen LogP contribution in [0.3, 0.4) is 0 Å². The van der Waals surface area contributed by atoms with Gasteiger partial charge in [-0.25, -0.2) is 4.39 Å². The van der Waals surface area contributed by atoms with Crippen LogP contribution in [-0.4, -0.2) is 33.5 Å². The van der Waals surface area contributed by atoms with Gasteiger partial charge in [-0.3, -0.25) is 4.79 Å². The molecule has 23 heavy (non-hydrogen) atoms. The number of amides is 1. The van der Waals surface area contributed by atoms with Gasteiger partial charge < -0.3 is 9.42 Å². The van der Waals surface area contributed by atoms with Gasteiger partial charge in [0.1, 0.15) is 5.82 Å². The van der Waals surface area contributed by atoms with Crippen LogP contribution in [0, 0.1) is 12.7 Å². The van der Waals surface area contributed by atoms with Crippen LogP contribution in [0.2, 0.25) is 0 Å². The first kappa shape index (κ1) is 15.6. The molecule has 5 nitrogen and oxygen atoms in total. The van der Waals surface area contributed by atoms with Gasteiger partial charge in [0.15, 0.2) is 5.82 Å². The van der Waals surface area contributed by atoms with Crippen molar-refractivity contribution in [3.63, 3.8) is 0 Å². The summed E-state index contributed by atoms with van der Waals surface area (Å²) in [5.41, 5.74) is 0.456. The Morgan fingerprint density at radius 1 is 1.43 bits per heavy atom. The highest BCUT2D eigenvalue weighted by atomic mass is 19.1. The lowest BCUT2D eigenvalue weighted by Crippen LogP contribution is -2.37. The third-order valence-electron chi connectivity index (χ3n) is 4.27. The van der Waals surface area contributed by atoms with Gasteiger partial charge in [0.2, 0.25) is 11.8 Å². The van der Waals surface area contributed by atoms with Gasteiger partial charge in [-0.2, -0.15) is 4.98 Å². The maximum Gasteiger partial charge on any atom is 0.227 e. The maximum absolute atomic E-state index is 13.7. The molecule has 0 radical (unpaired) electrons. The van der Waals surface area contributed by atoms with E-state index in [0.29, 0.717) is 23.7 Å². The first-order valence-electron chi connectivity index (χ1n) is 7.95. The van der Waals surface area contributed by atoms with E-state index in [1.807, 2.05) is 4.90 Å². The smallest absolute Gasteiger partial charge is 0.227 e. The molecule has 1 aliphatic rings. The largest absolute Gasteiger partial charge is 0.340 e. The van der Waals surface area contributed by atoms with Crippen molar-refractivity contribution in [2.24, 2.45) is 0 Å².